The van der Waals surface area contributed by atoms with Crippen molar-refractivity contribution >= 4 is 31.7 Å². The highest BCUT2D eigenvalue weighted by molar-refractivity contribution is 9.09. The Morgan fingerprint density at radius 2 is 1.71 bits per heavy atom. The molecule has 6 heteroatoms. The molecule has 21 heavy (non-hydrogen) atoms. The average molecular weight is 376 g/mol. The first-order chi connectivity index (χ1) is 9.78. The number of amides is 1. The monoisotopic (exact) mass is 375 g/mol. The van der Waals surface area contributed by atoms with E-state index >= 15 is 0 Å². The van der Waals surface area contributed by atoms with Crippen LogP contribution in [0.1, 0.15) is 37.0 Å². The smallest absolute Gasteiger partial charge is 0.251 e. The molecule has 0 radical (unpaired) electrons. The molecule has 1 aromatic rings. The molecule has 1 amide bonds. The Kier molecular flexibility index (Phi) is 6.41. The number of halogens is 1. The first-order valence-corrected chi connectivity index (χ1v) is 9.93. The van der Waals surface area contributed by atoms with Gasteiger partial charge in [-0.1, -0.05) is 29.8 Å². The summed E-state index contributed by atoms with van der Waals surface area (Å²) in [6.45, 7) is 4.81. The molecule has 0 fully saturated rings. The molecule has 0 aliphatic rings. The fourth-order valence-electron chi connectivity index (χ4n) is 1.96. The van der Waals surface area contributed by atoms with Gasteiger partial charge in [-0.25, -0.2) is 8.42 Å². The van der Waals surface area contributed by atoms with Gasteiger partial charge in [0.2, 0.25) is 0 Å². The maximum Gasteiger partial charge on any atom is 0.251 e. The number of carbonyl (C=O) groups is 1. The summed E-state index contributed by atoms with van der Waals surface area (Å²) in [6, 6.07) is 6.00. The van der Waals surface area contributed by atoms with Gasteiger partial charge in [-0.2, -0.15) is 0 Å². The number of carbonyl (C=O) groups excluding carboxylic acids is 1. The van der Waals surface area contributed by atoms with Crippen molar-refractivity contribution in [1.82, 2.24) is 5.32 Å². The predicted molar refractivity (Wildman–Crippen MR) is 88.7 cm³/mol. The third-order valence-electron chi connectivity index (χ3n) is 3.95. The third-order valence-corrected chi connectivity index (χ3v) is 6.27. The average Bonchev–Trinajstić information content (AvgIpc) is 2.48. The fourth-order valence-corrected chi connectivity index (χ4v) is 3.58. The molecule has 1 N–H and O–H groups in total. The zero-order valence-electron chi connectivity index (χ0n) is 12.6. The first kappa shape index (κ1) is 18.2. The zero-order valence-corrected chi connectivity index (χ0v) is 15.1. The third kappa shape index (κ3) is 4.81. The van der Waals surface area contributed by atoms with Crippen LogP contribution in [0, 0.1) is 5.41 Å². The van der Waals surface area contributed by atoms with E-state index in [9.17, 15) is 13.2 Å². The summed E-state index contributed by atoms with van der Waals surface area (Å²) in [5, 5.41) is 3.77. The van der Waals surface area contributed by atoms with E-state index < -0.39 is 9.84 Å². The maximum absolute atomic E-state index is 12.1. The van der Waals surface area contributed by atoms with Crippen LogP contribution in [-0.2, 0) is 9.84 Å². The SMILES string of the molecule is CCC(CC)(CBr)CNC(=O)c1ccc(S(C)(=O)=O)cc1. The van der Waals surface area contributed by atoms with Gasteiger partial charge < -0.3 is 5.32 Å². The van der Waals surface area contributed by atoms with E-state index in [0.29, 0.717) is 12.1 Å². The summed E-state index contributed by atoms with van der Waals surface area (Å²) in [5.41, 5.74) is 0.528. The van der Waals surface area contributed by atoms with Crippen LogP contribution in [0.5, 0.6) is 0 Å². The summed E-state index contributed by atoms with van der Waals surface area (Å²) in [6.07, 6.45) is 3.10. The van der Waals surface area contributed by atoms with Gasteiger partial charge in [0, 0.05) is 23.7 Å². The van der Waals surface area contributed by atoms with E-state index in [4.69, 9.17) is 0 Å². The summed E-state index contributed by atoms with van der Waals surface area (Å²) in [5.74, 6) is -0.178. The molecule has 4 nitrogen and oxygen atoms in total. The Bertz CT molecular complexity index is 569. The number of benzene rings is 1. The standard InChI is InChI=1S/C15H22BrNO3S/c1-4-15(5-2,10-16)11-17-14(18)12-6-8-13(9-7-12)21(3,19)20/h6-9H,4-5,10-11H2,1-3H3,(H,17,18). The van der Waals surface area contributed by atoms with Crippen molar-refractivity contribution in [2.45, 2.75) is 31.6 Å². The number of hydrogen-bond acceptors (Lipinski definition) is 3. The van der Waals surface area contributed by atoms with Crippen LogP contribution >= 0.6 is 15.9 Å². The van der Waals surface area contributed by atoms with Gasteiger partial charge in [0.15, 0.2) is 9.84 Å². The van der Waals surface area contributed by atoms with E-state index in [1.54, 1.807) is 12.1 Å². The summed E-state index contributed by atoms with van der Waals surface area (Å²) >= 11 is 3.51. The number of alkyl halides is 1. The van der Waals surface area contributed by atoms with Crippen molar-refractivity contribution in [2.75, 3.05) is 18.1 Å². The number of rotatable bonds is 7. The molecule has 0 saturated carbocycles. The minimum Gasteiger partial charge on any atom is -0.351 e. The highest BCUT2D eigenvalue weighted by Gasteiger charge is 2.25. The quantitative estimate of drug-likeness (QED) is 0.744. The summed E-state index contributed by atoms with van der Waals surface area (Å²) < 4.78 is 22.8. The molecule has 0 aliphatic heterocycles. The van der Waals surface area contributed by atoms with Crippen molar-refractivity contribution in [3.05, 3.63) is 29.8 Å². The van der Waals surface area contributed by atoms with Crippen LogP contribution in [0.2, 0.25) is 0 Å². The molecule has 0 heterocycles. The molecule has 0 aromatic heterocycles. The highest BCUT2D eigenvalue weighted by atomic mass is 79.9. The normalized spacial score (nSPS) is 12.2. The lowest BCUT2D eigenvalue weighted by molar-refractivity contribution is 0.0932. The number of sulfone groups is 1. The van der Waals surface area contributed by atoms with Gasteiger partial charge in [0.25, 0.3) is 5.91 Å². The van der Waals surface area contributed by atoms with Gasteiger partial charge in [0.05, 0.1) is 4.90 Å². The van der Waals surface area contributed by atoms with Crippen molar-refractivity contribution in [2.24, 2.45) is 5.41 Å². The second kappa shape index (κ2) is 7.40. The van der Waals surface area contributed by atoms with Gasteiger partial charge in [-0.3, -0.25) is 4.79 Å². The lowest BCUT2D eigenvalue weighted by atomic mass is 9.84. The van der Waals surface area contributed by atoms with Crippen molar-refractivity contribution < 1.29 is 13.2 Å². The Balaban J connectivity index is 2.77. The zero-order chi connectivity index (χ0) is 16.1. The van der Waals surface area contributed by atoms with Crippen molar-refractivity contribution in [3.63, 3.8) is 0 Å². The molecule has 0 atom stereocenters. The molecule has 0 aliphatic carbocycles. The molecule has 118 valence electrons. The molecule has 0 spiro atoms. The molecule has 0 bridgehead atoms. The lowest BCUT2D eigenvalue weighted by Crippen LogP contribution is -2.38. The molecular formula is C15H22BrNO3S. The van der Waals surface area contributed by atoms with Crippen LogP contribution in [-0.4, -0.2) is 32.5 Å². The lowest BCUT2D eigenvalue weighted by Gasteiger charge is -2.29. The van der Waals surface area contributed by atoms with Crippen LogP contribution in [0.15, 0.2) is 29.2 Å². The molecular weight excluding hydrogens is 354 g/mol. The van der Waals surface area contributed by atoms with Gasteiger partial charge in [-0.05, 0) is 42.5 Å². The van der Waals surface area contributed by atoms with Crippen molar-refractivity contribution in [1.29, 1.82) is 0 Å². The minimum atomic E-state index is -3.23. The summed E-state index contributed by atoms with van der Waals surface area (Å²) in [4.78, 5) is 12.3. The number of nitrogens with one attached hydrogen (secondary N) is 1. The second-order valence-electron chi connectivity index (χ2n) is 5.32. The Hall–Kier alpha value is -0.880. The second-order valence-corrected chi connectivity index (χ2v) is 7.90. The van der Waals surface area contributed by atoms with E-state index in [0.717, 1.165) is 24.4 Å². The fraction of sp³-hybridized carbons (Fsp3) is 0.533. The van der Waals surface area contributed by atoms with Crippen LogP contribution in [0.25, 0.3) is 0 Å². The Morgan fingerprint density at radius 3 is 2.10 bits per heavy atom. The van der Waals surface area contributed by atoms with E-state index in [2.05, 4.69) is 35.1 Å². The van der Waals surface area contributed by atoms with Crippen LogP contribution in [0.4, 0.5) is 0 Å². The molecule has 0 unspecified atom stereocenters. The van der Waals surface area contributed by atoms with E-state index in [-0.39, 0.29) is 16.2 Å². The van der Waals surface area contributed by atoms with Crippen LogP contribution < -0.4 is 5.32 Å². The van der Waals surface area contributed by atoms with Crippen LogP contribution in [0.3, 0.4) is 0 Å². The summed E-state index contributed by atoms with van der Waals surface area (Å²) in [7, 11) is -3.23. The van der Waals surface area contributed by atoms with Crippen molar-refractivity contribution in [3.8, 4) is 0 Å². The minimum absolute atomic E-state index is 0.0579. The number of hydrogen-bond donors (Lipinski definition) is 1. The largest absolute Gasteiger partial charge is 0.351 e. The van der Waals surface area contributed by atoms with E-state index in [1.807, 2.05) is 0 Å². The van der Waals surface area contributed by atoms with Gasteiger partial charge in [-0.15, -0.1) is 0 Å². The van der Waals surface area contributed by atoms with E-state index in [1.165, 1.54) is 12.1 Å². The highest BCUT2D eigenvalue weighted by Crippen LogP contribution is 2.27. The molecule has 1 rings (SSSR count). The van der Waals surface area contributed by atoms with Gasteiger partial charge in [0.1, 0.15) is 0 Å². The first-order valence-electron chi connectivity index (χ1n) is 6.92. The maximum atomic E-state index is 12.1. The topological polar surface area (TPSA) is 63.2 Å². The Labute approximate surface area is 135 Å². The molecule has 1 aromatic carbocycles. The predicted octanol–water partition coefficient (Wildman–Crippen LogP) is 3.02. The Morgan fingerprint density at radius 1 is 1.19 bits per heavy atom. The molecule has 0 saturated heterocycles. The van der Waals surface area contributed by atoms with Gasteiger partial charge >= 0.3 is 0 Å².